The third-order valence-electron chi connectivity index (χ3n) is 2.50. The first kappa shape index (κ1) is 11.2. The van der Waals surface area contributed by atoms with Gasteiger partial charge in [0.05, 0.1) is 12.5 Å². The van der Waals surface area contributed by atoms with Crippen LogP contribution in [0.2, 0.25) is 0 Å². The molecule has 17 heavy (non-hydrogen) atoms. The van der Waals surface area contributed by atoms with E-state index in [0.717, 1.165) is 17.2 Å². The standard InChI is InChI=1S/C14H10FNO/c15-14-9-12(17)5-6-13(14)11-3-1-10(2-4-11)7-8-16/h1-6,9,17H,7H2. The van der Waals surface area contributed by atoms with Gasteiger partial charge in [-0.3, -0.25) is 0 Å². The minimum absolute atomic E-state index is 0.0904. The lowest BCUT2D eigenvalue weighted by molar-refractivity contribution is 0.469. The van der Waals surface area contributed by atoms with Crippen LogP contribution in [0.15, 0.2) is 42.5 Å². The minimum atomic E-state index is -0.460. The van der Waals surface area contributed by atoms with Gasteiger partial charge in [-0.25, -0.2) is 4.39 Å². The first-order chi connectivity index (χ1) is 8.20. The van der Waals surface area contributed by atoms with E-state index < -0.39 is 5.82 Å². The maximum atomic E-state index is 13.6. The molecule has 0 bridgehead atoms. The normalized spacial score (nSPS) is 9.88. The molecule has 0 heterocycles. The van der Waals surface area contributed by atoms with Gasteiger partial charge in [0.2, 0.25) is 0 Å². The van der Waals surface area contributed by atoms with Crippen LogP contribution in [0.1, 0.15) is 5.56 Å². The zero-order valence-corrected chi connectivity index (χ0v) is 9.02. The molecule has 0 saturated carbocycles. The first-order valence-corrected chi connectivity index (χ1v) is 5.15. The summed E-state index contributed by atoms with van der Waals surface area (Å²) in [5.74, 6) is -0.551. The summed E-state index contributed by atoms with van der Waals surface area (Å²) in [5, 5.41) is 17.7. The zero-order valence-electron chi connectivity index (χ0n) is 9.02. The molecule has 0 aliphatic rings. The van der Waals surface area contributed by atoms with Crippen molar-refractivity contribution in [2.75, 3.05) is 0 Å². The van der Waals surface area contributed by atoms with Crippen LogP contribution >= 0.6 is 0 Å². The number of halogens is 1. The monoisotopic (exact) mass is 227 g/mol. The number of hydrogen-bond donors (Lipinski definition) is 1. The Balaban J connectivity index is 2.37. The molecular weight excluding hydrogens is 217 g/mol. The molecular formula is C14H10FNO. The van der Waals surface area contributed by atoms with Gasteiger partial charge in [0.25, 0.3) is 0 Å². The molecule has 0 spiro atoms. The molecule has 2 aromatic rings. The SMILES string of the molecule is N#CCc1ccc(-c2ccc(O)cc2F)cc1. The predicted molar refractivity (Wildman–Crippen MR) is 62.8 cm³/mol. The fourth-order valence-electron chi connectivity index (χ4n) is 1.63. The van der Waals surface area contributed by atoms with Gasteiger partial charge < -0.3 is 5.11 Å². The van der Waals surface area contributed by atoms with Crippen molar-refractivity contribution in [3.63, 3.8) is 0 Å². The Morgan fingerprint density at radius 1 is 1.12 bits per heavy atom. The van der Waals surface area contributed by atoms with E-state index in [0.29, 0.717) is 12.0 Å². The van der Waals surface area contributed by atoms with Crippen molar-refractivity contribution in [1.29, 1.82) is 5.26 Å². The Morgan fingerprint density at radius 3 is 2.41 bits per heavy atom. The summed E-state index contributed by atoms with van der Waals surface area (Å²) in [6.45, 7) is 0. The summed E-state index contributed by atoms with van der Waals surface area (Å²) in [5.41, 5.74) is 2.06. The third kappa shape index (κ3) is 2.43. The lowest BCUT2D eigenvalue weighted by Crippen LogP contribution is -1.86. The highest BCUT2D eigenvalue weighted by Gasteiger charge is 2.05. The van der Waals surface area contributed by atoms with Crippen molar-refractivity contribution < 1.29 is 9.50 Å². The topological polar surface area (TPSA) is 44.0 Å². The second-order valence-electron chi connectivity index (χ2n) is 3.70. The van der Waals surface area contributed by atoms with Gasteiger partial charge in [-0.2, -0.15) is 5.26 Å². The lowest BCUT2D eigenvalue weighted by atomic mass is 10.0. The fraction of sp³-hybridized carbons (Fsp3) is 0.0714. The molecule has 0 fully saturated rings. The molecule has 0 aliphatic carbocycles. The number of phenolic OH excluding ortho intramolecular Hbond substituents is 1. The van der Waals surface area contributed by atoms with E-state index in [2.05, 4.69) is 6.07 Å². The van der Waals surface area contributed by atoms with Crippen molar-refractivity contribution in [2.24, 2.45) is 0 Å². The Labute approximate surface area is 98.6 Å². The van der Waals surface area contributed by atoms with E-state index in [9.17, 15) is 4.39 Å². The lowest BCUT2D eigenvalue weighted by Gasteiger charge is -2.04. The number of rotatable bonds is 2. The number of aromatic hydroxyl groups is 1. The Morgan fingerprint density at radius 2 is 1.82 bits per heavy atom. The van der Waals surface area contributed by atoms with Gasteiger partial charge in [-0.15, -0.1) is 0 Å². The number of nitriles is 1. The highest BCUT2D eigenvalue weighted by Crippen LogP contribution is 2.25. The van der Waals surface area contributed by atoms with Gasteiger partial charge in [0, 0.05) is 11.6 Å². The summed E-state index contributed by atoms with van der Waals surface area (Å²) in [6.07, 6.45) is 0.346. The van der Waals surface area contributed by atoms with Crippen molar-refractivity contribution in [2.45, 2.75) is 6.42 Å². The first-order valence-electron chi connectivity index (χ1n) is 5.15. The van der Waals surface area contributed by atoms with Crippen LogP contribution in [-0.2, 0) is 6.42 Å². The van der Waals surface area contributed by atoms with Crippen LogP contribution in [-0.4, -0.2) is 5.11 Å². The second kappa shape index (κ2) is 4.67. The zero-order chi connectivity index (χ0) is 12.3. The molecule has 0 saturated heterocycles. The Hall–Kier alpha value is -2.34. The molecule has 0 radical (unpaired) electrons. The number of nitrogens with zero attached hydrogens (tertiary/aromatic N) is 1. The number of phenols is 1. The van der Waals surface area contributed by atoms with Gasteiger partial charge in [0.1, 0.15) is 11.6 Å². The minimum Gasteiger partial charge on any atom is -0.508 e. The average molecular weight is 227 g/mol. The average Bonchev–Trinajstić information content (AvgIpc) is 2.31. The smallest absolute Gasteiger partial charge is 0.134 e. The molecule has 0 unspecified atom stereocenters. The highest BCUT2D eigenvalue weighted by atomic mass is 19.1. The summed E-state index contributed by atoms with van der Waals surface area (Å²) in [4.78, 5) is 0. The molecule has 84 valence electrons. The largest absolute Gasteiger partial charge is 0.508 e. The van der Waals surface area contributed by atoms with Crippen LogP contribution in [0.4, 0.5) is 4.39 Å². The van der Waals surface area contributed by atoms with E-state index in [1.165, 1.54) is 12.1 Å². The van der Waals surface area contributed by atoms with Crippen LogP contribution in [0.5, 0.6) is 5.75 Å². The summed E-state index contributed by atoms with van der Waals surface area (Å²) in [6, 6.07) is 13.2. The second-order valence-corrected chi connectivity index (χ2v) is 3.70. The van der Waals surface area contributed by atoms with Gasteiger partial charge >= 0.3 is 0 Å². The van der Waals surface area contributed by atoms with Crippen molar-refractivity contribution in [3.05, 3.63) is 53.8 Å². The quantitative estimate of drug-likeness (QED) is 0.855. The fourth-order valence-corrected chi connectivity index (χ4v) is 1.63. The molecule has 0 aromatic heterocycles. The van der Waals surface area contributed by atoms with E-state index in [4.69, 9.17) is 10.4 Å². The van der Waals surface area contributed by atoms with E-state index in [1.54, 1.807) is 24.3 Å². The molecule has 0 aliphatic heterocycles. The predicted octanol–water partition coefficient (Wildman–Crippen LogP) is 3.26. The maximum absolute atomic E-state index is 13.6. The molecule has 2 nitrogen and oxygen atoms in total. The Bertz CT molecular complexity index is 570. The molecule has 1 N–H and O–H groups in total. The summed E-state index contributed by atoms with van der Waals surface area (Å²) < 4.78 is 13.6. The highest BCUT2D eigenvalue weighted by molar-refractivity contribution is 5.65. The van der Waals surface area contributed by atoms with Gasteiger partial charge in [-0.05, 0) is 23.3 Å². The maximum Gasteiger partial charge on any atom is 0.134 e. The summed E-state index contributed by atoms with van der Waals surface area (Å²) in [7, 11) is 0. The number of hydrogen-bond acceptors (Lipinski definition) is 2. The van der Waals surface area contributed by atoms with Crippen molar-refractivity contribution in [3.8, 4) is 22.9 Å². The van der Waals surface area contributed by atoms with E-state index in [1.807, 2.05) is 0 Å². The summed E-state index contributed by atoms with van der Waals surface area (Å²) >= 11 is 0. The molecule has 3 heteroatoms. The van der Waals surface area contributed by atoms with Crippen LogP contribution in [0, 0.1) is 17.1 Å². The number of benzene rings is 2. The van der Waals surface area contributed by atoms with E-state index in [-0.39, 0.29) is 5.75 Å². The Kier molecular flexibility index (Phi) is 3.06. The third-order valence-corrected chi connectivity index (χ3v) is 2.50. The van der Waals surface area contributed by atoms with Crippen LogP contribution in [0.25, 0.3) is 11.1 Å². The molecule has 2 aromatic carbocycles. The molecule has 2 rings (SSSR count). The van der Waals surface area contributed by atoms with Crippen LogP contribution in [0.3, 0.4) is 0 Å². The van der Waals surface area contributed by atoms with E-state index >= 15 is 0 Å². The van der Waals surface area contributed by atoms with Crippen molar-refractivity contribution >= 4 is 0 Å². The van der Waals surface area contributed by atoms with Crippen LogP contribution < -0.4 is 0 Å². The molecule has 0 atom stereocenters. The molecule has 0 amide bonds. The van der Waals surface area contributed by atoms with Gasteiger partial charge in [-0.1, -0.05) is 24.3 Å². The van der Waals surface area contributed by atoms with Gasteiger partial charge in [0.15, 0.2) is 0 Å². The van der Waals surface area contributed by atoms with Crippen molar-refractivity contribution in [1.82, 2.24) is 0 Å².